The van der Waals surface area contributed by atoms with E-state index >= 15 is 0 Å². The smallest absolute Gasteiger partial charge is 0.0650 e. The molecule has 0 heterocycles. The molecule has 1 N–H and O–H groups in total. The fourth-order valence-corrected chi connectivity index (χ4v) is 1.36. The van der Waals surface area contributed by atoms with Gasteiger partial charge in [-0.1, -0.05) is 54.6 Å². The van der Waals surface area contributed by atoms with Gasteiger partial charge in [-0.2, -0.15) is 0 Å². The Balaban J connectivity index is 2.03. The van der Waals surface area contributed by atoms with Crippen LogP contribution in [0.5, 0.6) is 0 Å². The molecule has 0 aliphatic carbocycles. The minimum Gasteiger partial charge on any atom is -0.396 e. The normalized spacial score (nSPS) is 11.6. The Morgan fingerprint density at radius 2 is 1.76 bits per heavy atom. The van der Waals surface area contributed by atoms with Crippen molar-refractivity contribution >= 4 is 6.08 Å². The van der Waals surface area contributed by atoms with Gasteiger partial charge >= 0.3 is 0 Å². The van der Waals surface area contributed by atoms with Crippen molar-refractivity contribution in [2.75, 3.05) is 19.8 Å². The van der Waals surface area contributed by atoms with Gasteiger partial charge in [0.2, 0.25) is 0 Å². The lowest BCUT2D eigenvalue weighted by Crippen LogP contribution is -1.92. The average molecular weight is 232 g/mol. The van der Waals surface area contributed by atoms with Gasteiger partial charge in [0.15, 0.2) is 0 Å². The van der Waals surface area contributed by atoms with E-state index in [9.17, 15) is 0 Å². The topological polar surface area (TPSA) is 29.5 Å². The van der Waals surface area contributed by atoms with E-state index in [0.29, 0.717) is 6.61 Å². The Bertz CT molecular complexity index is 328. The summed E-state index contributed by atoms with van der Waals surface area (Å²) in [6.07, 6.45) is 9.72. The molecule has 1 rings (SSSR count). The second-order valence-corrected chi connectivity index (χ2v) is 3.66. The van der Waals surface area contributed by atoms with Crippen molar-refractivity contribution in [2.24, 2.45) is 0 Å². The fraction of sp³-hybridized carbons (Fsp3) is 0.333. The van der Waals surface area contributed by atoms with Crippen LogP contribution in [0.3, 0.4) is 0 Å². The SMILES string of the molecule is OCC/C=C/CCOC/C=C/c1ccccc1. The molecule has 0 atom stereocenters. The molecule has 0 bridgehead atoms. The Morgan fingerprint density at radius 1 is 1.00 bits per heavy atom. The molecule has 0 aliphatic rings. The van der Waals surface area contributed by atoms with Crippen LogP contribution in [-0.4, -0.2) is 24.9 Å². The summed E-state index contributed by atoms with van der Waals surface area (Å²) in [4.78, 5) is 0. The van der Waals surface area contributed by atoms with Crippen LogP contribution >= 0.6 is 0 Å². The Kier molecular flexibility index (Phi) is 7.90. The highest BCUT2D eigenvalue weighted by Crippen LogP contribution is 2.00. The number of hydrogen-bond donors (Lipinski definition) is 1. The maximum Gasteiger partial charge on any atom is 0.0650 e. The van der Waals surface area contributed by atoms with Crippen LogP contribution in [0.25, 0.3) is 6.08 Å². The number of benzene rings is 1. The molecule has 0 unspecified atom stereocenters. The molecule has 0 fully saturated rings. The van der Waals surface area contributed by atoms with Gasteiger partial charge in [0.05, 0.1) is 13.2 Å². The molecule has 92 valence electrons. The van der Waals surface area contributed by atoms with E-state index < -0.39 is 0 Å². The molecule has 0 aliphatic heterocycles. The average Bonchev–Trinajstić information content (AvgIpc) is 2.38. The van der Waals surface area contributed by atoms with Crippen molar-refractivity contribution in [1.82, 2.24) is 0 Å². The van der Waals surface area contributed by atoms with Gasteiger partial charge < -0.3 is 9.84 Å². The van der Waals surface area contributed by atoms with Gasteiger partial charge in [0.1, 0.15) is 0 Å². The second kappa shape index (κ2) is 9.82. The standard InChI is InChI=1S/C15H20O2/c16-12-6-1-2-7-13-17-14-8-11-15-9-4-3-5-10-15/h1-5,8-11,16H,6-7,12-14H2/b2-1+,11-8+. The van der Waals surface area contributed by atoms with E-state index in [4.69, 9.17) is 9.84 Å². The lowest BCUT2D eigenvalue weighted by molar-refractivity contribution is 0.168. The van der Waals surface area contributed by atoms with Crippen molar-refractivity contribution in [2.45, 2.75) is 12.8 Å². The number of hydrogen-bond acceptors (Lipinski definition) is 2. The van der Waals surface area contributed by atoms with Crippen molar-refractivity contribution in [3.8, 4) is 0 Å². The summed E-state index contributed by atoms with van der Waals surface area (Å²) < 4.78 is 5.44. The Hall–Kier alpha value is -1.38. The van der Waals surface area contributed by atoms with Crippen LogP contribution < -0.4 is 0 Å². The van der Waals surface area contributed by atoms with Crippen LogP contribution in [0.4, 0.5) is 0 Å². The Morgan fingerprint density at radius 3 is 2.53 bits per heavy atom. The zero-order valence-corrected chi connectivity index (χ0v) is 10.1. The van der Waals surface area contributed by atoms with Crippen molar-refractivity contribution < 1.29 is 9.84 Å². The molecule has 0 radical (unpaired) electrons. The highest BCUT2D eigenvalue weighted by atomic mass is 16.5. The molecule has 2 heteroatoms. The number of aliphatic hydroxyl groups is 1. The molecule has 0 amide bonds. The summed E-state index contributed by atoms with van der Waals surface area (Å²) in [5.41, 5.74) is 1.19. The second-order valence-electron chi connectivity index (χ2n) is 3.66. The summed E-state index contributed by atoms with van der Waals surface area (Å²) in [6.45, 7) is 1.58. The molecule has 0 saturated heterocycles. The number of ether oxygens (including phenoxy) is 1. The molecule has 0 aromatic heterocycles. The lowest BCUT2D eigenvalue weighted by atomic mass is 10.2. The summed E-state index contributed by atoms with van der Waals surface area (Å²) in [7, 11) is 0. The van der Waals surface area contributed by atoms with E-state index in [0.717, 1.165) is 19.4 Å². The first-order valence-corrected chi connectivity index (χ1v) is 5.98. The fourth-order valence-electron chi connectivity index (χ4n) is 1.36. The van der Waals surface area contributed by atoms with E-state index in [1.54, 1.807) is 0 Å². The molecule has 2 nitrogen and oxygen atoms in total. The zero-order valence-electron chi connectivity index (χ0n) is 10.1. The first kappa shape index (κ1) is 13.7. The van der Waals surface area contributed by atoms with Crippen molar-refractivity contribution in [3.63, 3.8) is 0 Å². The van der Waals surface area contributed by atoms with E-state index in [1.165, 1.54) is 5.56 Å². The third-order valence-corrected chi connectivity index (χ3v) is 2.22. The summed E-state index contributed by atoms with van der Waals surface area (Å²) in [5, 5.41) is 8.56. The maximum absolute atomic E-state index is 8.56. The van der Waals surface area contributed by atoms with Crippen LogP contribution in [0.2, 0.25) is 0 Å². The van der Waals surface area contributed by atoms with Crippen molar-refractivity contribution in [3.05, 3.63) is 54.1 Å². The minimum atomic E-state index is 0.219. The van der Waals surface area contributed by atoms with Crippen LogP contribution in [0.1, 0.15) is 18.4 Å². The van der Waals surface area contributed by atoms with Crippen LogP contribution in [0.15, 0.2) is 48.6 Å². The van der Waals surface area contributed by atoms with E-state index in [2.05, 4.69) is 18.2 Å². The quantitative estimate of drug-likeness (QED) is 0.551. The minimum absolute atomic E-state index is 0.219. The maximum atomic E-state index is 8.56. The summed E-state index contributed by atoms with van der Waals surface area (Å²) in [6, 6.07) is 10.2. The van der Waals surface area contributed by atoms with Gasteiger partial charge in [-0.25, -0.2) is 0 Å². The van der Waals surface area contributed by atoms with E-state index in [1.807, 2.05) is 36.4 Å². The monoisotopic (exact) mass is 232 g/mol. The van der Waals surface area contributed by atoms with Crippen LogP contribution in [0, 0.1) is 0 Å². The van der Waals surface area contributed by atoms with E-state index in [-0.39, 0.29) is 6.61 Å². The molecule has 17 heavy (non-hydrogen) atoms. The predicted molar refractivity (Wildman–Crippen MR) is 71.8 cm³/mol. The molecule has 1 aromatic rings. The molecular formula is C15H20O2. The number of aliphatic hydroxyl groups excluding tert-OH is 1. The molecule has 1 aromatic carbocycles. The molecule has 0 spiro atoms. The van der Waals surface area contributed by atoms with Gasteiger partial charge in [-0.15, -0.1) is 0 Å². The van der Waals surface area contributed by atoms with Crippen molar-refractivity contribution in [1.29, 1.82) is 0 Å². The first-order chi connectivity index (χ1) is 8.43. The summed E-state index contributed by atoms with van der Waals surface area (Å²) in [5.74, 6) is 0. The highest BCUT2D eigenvalue weighted by molar-refractivity contribution is 5.48. The van der Waals surface area contributed by atoms with Gasteiger partial charge in [0.25, 0.3) is 0 Å². The first-order valence-electron chi connectivity index (χ1n) is 5.98. The molecular weight excluding hydrogens is 212 g/mol. The number of rotatable bonds is 8. The highest BCUT2D eigenvalue weighted by Gasteiger charge is 1.84. The van der Waals surface area contributed by atoms with Crippen LogP contribution in [-0.2, 0) is 4.74 Å². The lowest BCUT2D eigenvalue weighted by Gasteiger charge is -1.97. The third kappa shape index (κ3) is 7.50. The van der Waals surface area contributed by atoms with Gasteiger partial charge in [-0.05, 0) is 18.4 Å². The largest absolute Gasteiger partial charge is 0.396 e. The Labute approximate surface area is 103 Å². The van der Waals surface area contributed by atoms with Gasteiger partial charge in [0, 0.05) is 6.61 Å². The summed E-state index contributed by atoms with van der Waals surface area (Å²) >= 11 is 0. The zero-order chi connectivity index (χ0) is 12.2. The van der Waals surface area contributed by atoms with Gasteiger partial charge in [-0.3, -0.25) is 0 Å². The molecule has 0 saturated carbocycles. The third-order valence-electron chi connectivity index (χ3n) is 2.22. The predicted octanol–water partition coefficient (Wildman–Crippen LogP) is 3.05.